The highest BCUT2D eigenvalue weighted by Gasteiger charge is 2.26. The lowest BCUT2D eigenvalue weighted by Gasteiger charge is -2.34. The highest BCUT2D eigenvalue weighted by molar-refractivity contribution is 5.89. The summed E-state index contributed by atoms with van der Waals surface area (Å²) in [5.41, 5.74) is 3.14. The van der Waals surface area contributed by atoms with Crippen molar-refractivity contribution in [2.24, 2.45) is 0 Å². The number of amides is 1. The number of anilines is 1. The van der Waals surface area contributed by atoms with Crippen molar-refractivity contribution in [1.29, 1.82) is 0 Å². The number of piperidine rings is 1. The van der Waals surface area contributed by atoms with E-state index >= 15 is 0 Å². The highest BCUT2D eigenvalue weighted by atomic mass is 35.5. The van der Waals surface area contributed by atoms with Crippen LogP contribution in [0.1, 0.15) is 50.2 Å². The number of aliphatic carboxylic acids is 1. The van der Waals surface area contributed by atoms with Crippen molar-refractivity contribution in [2.45, 2.75) is 51.7 Å². The molecular formula is C20H30ClN3O4. The fourth-order valence-electron chi connectivity index (χ4n) is 3.92. The fourth-order valence-corrected chi connectivity index (χ4v) is 3.92. The van der Waals surface area contributed by atoms with Gasteiger partial charge < -0.3 is 10.4 Å². The number of carboxylic acids is 1. The second-order valence-electron chi connectivity index (χ2n) is 7.53. The predicted molar refractivity (Wildman–Crippen MR) is 110 cm³/mol. The molecule has 1 fully saturated rings. The summed E-state index contributed by atoms with van der Waals surface area (Å²) in [5, 5.41) is 13.7. The summed E-state index contributed by atoms with van der Waals surface area (Å²) in [6, 6.07) is 6.04. The smallest absolute Gasteiger partial charge is 0.304 e. The van der Waals surface area contributed by atoms with Crippen molar-refractivity contribution in [3.05, 3.63) is 29.3 Å². The third-order valence-electron chi connectivity index (χ3n) is 5.29. The minimum absolute atomic E-state index is 0. The van der Waals surface area contributed by atoms with Crippen LogP contribution in [-0.2, 0) is 21.0 Å². The average molecular weight is 412 g/mol. The van der Waals surface area contributed by atoms with Crippen LogP contribution in [0.25, 0.3) is 0 Å². The molecule has 1 aromatic rings. The Kier molecular flexibility index (Phi) is 8.24. The zero-order chi connectivity index (χ0) is 19.4. The van der Waals surface area contributed by atoms with Crippen LogP contribution in [0, 0.1) is 0 Å². The summed E-state index contributed by atoms with van der Waals surface area (Å²) >= 11 is 0. The van der Waals surface area contributed by atoms with E-state index in [1.807, 2.05) is 12.1 Å². The van der Waals surface area contributed by atoms with Crippen molar-refractivity contribution in [1.82, 2.24) is 10.2 Å². The second kappa shape index (κ2) is 10.2. The average Bonchev–Trinajstić information content (AvgIpc) is 2.64. The Morgan fingerprint density at radius 2 is 2.04 bits per heavy atom. The van der Waals surface area contributed by atoms with Gasteiger partial charge in [-0.15, -0.1) is 12.4 Å². The minimum atomic E-state index is -0.777. The number of fused-ring (bicyclic) bond motifs is 1. The Bertz CT molecular complexity index is 694. The number of carboxylic acid groups (broad SMARTS) is 1. The summed E-state index contributed by atoms with van der Waals surface area (Å²) in [4.78, 5) is 31.3. The van der Waals surface area contributed by atoms with Gasteiger partial charge in [0.2, 0.25) is 5.91 Å². The van der Waals surface area contributed by atoms with Crippen LogP contribution in [0.2, 0.25) is 0 Å². The zero-order valence-electron chi connectivity index (χ0n) is 16.5. The molecule has 0 aromatic heterocycles. The number of halogens is 1. The molecule has 2 aliphatic heterocycles. The topological polar surface area (TPSA) is 82.1 Å². The Morgan fingerprint density at radius 3 is 2.68 bits per heavy atom. The summed E-state index contributed by atoms with van der Waals surface area (Å²) in [5.74, 6) is -0.590. The number of hydrogen-bond acceptors (Lipinski definition) is 5. The zero-order valence-corrected chi connectivity index (χ0v) is 17.3. The van der Waals surface area contributed by atoms with Crippen LogP contribution < -0.4 is 10.4 Å². The van der Waals surface area contributed by atoms with Gasteiger partial charge in [0.25, 0.3) is 0 Å². The molecule has 0 spiro atoms. The third-order valence-corrected chi connectivity index (χ3v) is 5.29. The molecule has 1 unspecified atom stereocenters. The molecule has 0 saturated carbocycles. The van der Waals surface area contributed by atoms with Crippen LogP contribution in [-0.4, -0.2) is 54.2 Å². The number of carbonyl (C=O) groups is 2. The second-order valence-corrected chi connectivity index (χ2v) is 7.53. The molecule has 0 aliphatic carbocycles. The molecule has 28 heavy (non-hydrogen) atoms. The van der Waals surface area contributed by atoms with E-state index < -0.39 is 5.97 Å². The normalized spacial score (nSPS) is 20.1. The number of carbonyl (C=O) groups excluding carboxylic acids is 1. The molecule has 2 N–H and O–H groups in total. The lowest BCUT2D eigenvalue weighted by molar-refractivity contribution is -0.137. The Balaban J connectivity index is 0.00000280. The van der Waals surface area contributed by atoms with Crippen molar-refractivity contribution in [3.8, 4) is 0 Å². The molecule has 1 atom stereocenters. The molecule has 1 saturated heterocycles. The Morgan fingerprint density at radius 1 is 1.32 bits per heavy atom. The molecule has 156 valence electrons. The van der Waals surface area contributed by atoms with E-state index in [4.69, 9.17) is 9.94 Å². The lowest BCUT2D eigenvalue weighted by Crippen LogP contribution is -2.40. The summed E-state index contributed by atoms with van der Waals surface area (Å²) < 4.78 is 0. The number of nitrogens with one attached hydrogen (secondary N) is 1. The quantitative estimate of drug-likeness (QED) is 0.700. The molecule has 2 aliphatic rings. The van der Waals surface area contributed by atoms with E-state index in [9.17, 15) is 9.59 Å². The first-order valence-corrected chi connectivity index (χ1v) is 9.69. The van der Waals surface area contributed by atoms with Gasteiger partial charge in [-0.05, 0) is 55.1 Å². The van der Waals surface area contributed by atoms with E-state index in [2.05, 4.69) is 23.2 Å². The minimum Gasteiger partial charge on any atom is -0.481 e. The molecule has 0 radical (unpaired) electrons. The van der Waals surface area contributed by atoms with Crippen molar-refractivity contribution < 1.29 is 19.5 Å². The van der Waals surface area contributed by atoms with Crippen LogP contribution in [0.3, 0.4) is 0 Å². The first-order valence-electron chi connectivity index (χ1n) is 9.69. The molecule has 2 heterocycles. The van der Waals surface area contributed by atoms with Crippen molar-refractivity contribution in [3.63, 3.8) is 0 Å². The molecule has 1 aromatic carbocycles. The standard InChI is InChI=1S/C20H29N3O4.ClH/c1-14-12-22(10-7-20(25)26)13-16-11-17(3-4-19(14)16)23(15(2)24)27-18-5-8-21-9-6-18;/h3-4,11,14,18,21H,5-10,12-13H2,1-2H3,(H,25,26);1H. The predicted octanol–water partition coefficient (Wildman–Crippen LogP) is 2.54. The van der Waals surface area contributed by atoms with Gasteiger partial charge in [0.15, 0.2) is 0 Å². The maximum atomic E-state index is 12.2. The maximum Gasteiger partial charge on any atom is 0.304 e. The van der Waals surface area contributed by atoms with Crippen LogP contribution >= 0.6 is 12.4 Å². The molecule has 0 bridgehead atoms. The van der Waals surface area contributed by atoms with Gasteiger partial charge in [0.05, 0.1) is 18.2 Å². The van der Waals surface area contributed by atoms with Gasteiger partial charge in [-0.3, -0.25) is 19.3 Å². The van der Waals surface area contributed by atoms with Crippen LogP contribution in [0.5, 0.6) is 0 Å². The Hall–Kier alpha value is -1.67. The fraction of sp³-hybridized carbons (Fsp3) is 0.600. The summed E-state index contributed by atoms with van der Waals surface area (Å²) in [6.07, 6.45) is 1.95. The first kappa shape index (κ1) is 22.6. The van der Waals surface area contributed by atoms with Gasteiger partial charge in [-0.25, -0.2) is 0 Å². The first-order chi connectivity index (χ1) is 12.9. The van der Waals surface area contributed by atoms with Crippen molar-refractivity contribution in [2.75, 3.05) is 31.2 Å². The van der Waals surface area contributed by atoms with Gasteiger partial charge >= 0.3 is 5.97 Å². The molecule has 7 nitrogen and oxygen atoms in total. The van der Waals surface area contributed by atoms with E-state index in [0.717, 1.165) is 43.7 Å². The lowest BCUT2D eigenvalue weighted by atomic mass is 9.90. The van der Waals surface area contributed by atoms with E-state index in [-0.39, 0.29) is 30.8 Å². The maximum absolute atomic E-state index is 12.2. The van der Waals surface area contributed by atoms with Gasteiger partial charge in [-0.1, -0.05) is 13.0 Å². The van der Waals surface area contributed by atoms with Gasteiger partial charge in [0.1, 0.15) is 0 Å². The van der Waals surface area contributed by atoms with Gasteiger partial charge in [-0.2, -0.15) is 5.06 Å². The number of nitrogens with zero attached hydrogens (tertiary/aromatic N) is 2. The van der Waals surface area contributed by atoms with E-state index in [0.29, 0.717) is 19.0 Å². The largest absolute Gasteiger partial charge is 0.481 e. The van der Waals surface area contributed by atoms with Crippen LogP contribution in [0.15, 0.2) is 18.2 Å². The van der Waals surface area contributed by atoms with Crippen LogP contribution in [0.4, 0.5) is 5.69 Å². The number of hydrogen-bond donors (Lipinski definition) is 2. The van der Waals surface area contributed by atoms with Crippen molar-refractivity contribution >= 4 is 30.0 Å². The molecule has 8 heteroatoms. The summed E-state index contributed by atoms with van der Waals surface area (Å²) in [7, 11) is 0. The number of benzene rings is 1. The van der Waals surface area contributed by atoms with E-state index in [1.165, 1.54) is 17.6 Å². The number of hydroxylamine groups is 1. The summed E-state index contributed by atoms with van der Waals surface area (Å²) in [6.45, 7) is 7.54. The molecular weight excluding hydrogens is 382 g/mol. The monoisotopic (exact) mass is 411 g/mol. The molecule has 3 rings (SSSR count). The van der Waals surface area contributed by atoms with Gasteiger partial charge in [0, 0.05) is 26.6 Å². The highest BCUT2D eigenvalue weighted by Crippen LogP contribution is 2.32. The number of rotatable bonds is 6. The van der Waals surface area contributed by atoms with E-state index in [1.54, 1.807) is 0 Å². The molecule has 1 amide bonds. The SMILES string of the molecule is CC(=O)N(OC1CCNCC1)c1ccc2c(c1)CN(CCC(=O)O)CC2C.Cl. The Labute approximate surface area is 172 Å². The third kappa shape index (κ3) is 5.67.